The minimum Gasteiger partial charge on any atom is -0.469 e. The molecule has 0 aliphatic carbocycles. The standard InChI is InChI=1S/C11H18N2O2S/c1-15-10(14)3-6-13-7-4-11(9-12,16-2)5-8-13/h3-8H2,1-2H3. The molecule has 0 aromatic heterocycles. The number of likely N-dealkylation sites (tertiary alicyclic amines) is 1. The molecule has 1 aliphatic rings. The Morgan fingerprint density at radius 2 is 2.19 bits per heavy atom. The van der Waals surface area contributed by atoms with Crippen molar-refractivity contribution in [1.82, 2.24) is 4.90 Å². The Hall–Kier alpha value is -0.730. The van der Waals surface area contributed by atoms with Crippen LogP contribution >= 0.6 is 11.8 Å². The Morgan fingerprint density at radius 1 is 1.56 bits per heavy atom. The van der Waals surface area contributed by atoms with Crippen molar-refractivity contribution < 1.29 is 9.53 Å². The first kappa shape index (κ1) is 13.3. The van der Waals surface area contributed by atoms with Gasteiger partial charge in [0.1, 0.15) is 4.75 Å². The molecule has 1 fully saturated rings. The van der Waals surface area contributed by atoms with E-state index >= 15 is 0 Å². The predicted octanol–water partition coefficient (Wildman–Crippen LogP) is 1.27. The van der Waals surface area contributed by atoms with Crippen molar-refractivity contribution in [2.75, 3.05) is 33.0 Å². The van der Waals surface area contributed by atoms with Crippen LogP contribution in [0.5, 0.6) is 0 Å². The van der Waals surface area contributed by atoms with Gasteiger partial charge in [0.2, 0.25) is 0 Å². The number of carbonyl (C=O) groups is 1. The lowest BCUT2D eigenvalue weighted by atomic mass is 9.97. The number of methoxy groups -OCH3 is 1. The Labute approximate surface area is 101 Å². The molecule has 0 aromatic rings. The Bertz CT molecular complexity index is 280. The van der Waals surface area contributed by atoms with Crippen LogP contribution < -0.4 is 0 Å². The normalized spacial score (nSPS) is 20.1. The lowest BCUT2D eigenvalue weighted by Gasteiger charge is -2.35. The van der Waals surface area contributed by atoms with E-state index in [2.05, 4.69) is 15.7 Å². The molecule has 90 valence electrons. The number of hydrogen-bond donors (Lipinski definition) is 0. The van der Waals surface area contributed by atoms with Crippen molar-refractivity contribution >= 4 is 17.7 Å². The zero-order chi connectivity index (χ0) is 12.0. The molecule has 0 saturated carbocycles. The molecular weight excluding hydrogens is 224 g/mol. The first-order valence-electron chi connectivity index (χ1n) is 5.41. The third-order valence-electron chi connectivity index (χ3n) is 3.12. The minimum atomic E-state index is -0.207. The number of esters is 1. The monoisotopic (exact) mass is 242 g/mol. The van der Waals surface area contributed by atoms with E-state index in [-0.39, 0.29) is 10.7 Å². The molecule has 0 aromatic carbocycles. The van der Waals surface area contributed by atoms with Gasteiger partial charge in [0, 0.05) is 19.6 Å². The van der Waals surface area contributed by atoms with Gasteiger partial charge in [-0.1, -0.05) is 0 Å². The number of nitrogens with zero attached hydrogens (tertiary/aromatic N) is 2. The fraction of sp³-hybridized carbons (Fsp3) is 0.818. The number of rotatable bonds is 4. The summed E-state index contributed by atoms with van der Waals surface area (Å²) in [5, 5.41) is 9.12. The van der Waals surface area contributed by atoms with Crippen LogP contribution in [-0.2, 0) is 9.53 Å². The molecular formula is C11H18N2O2S. The highest BCUT2D eigenvalue weighted by Crippen LogP contribution is 2.33. The van der Waals surface area contributed by atoms with Gasteiger partial charge in [-0.15, -0.1) is 11.8 Å². The van der Waals surface area contributed by atoms with Gasteiger partial charge in [0.15, 0.2) is 0 Å². The van der Waals surface area contributed by atoms with Crippen molar-refractivity contribution in [2.45, 2.75) is 24.0 Å². The summed E-state index contributed by atoms with van der Waals surface area (Å²) in [6, 6.07) is 2.41. The molecule has 0 bridgehead atoms. The maximum absolute atomic E-state index is 11.0. The molecule has 1 heterocycles. The van der Waals surface area contributed by atoms with Gasteiger partial charge in [-0.05, 0) is 19.1 Å². The number of piperidine rings is 1. The highest BCUT2D eigenvalue weighted by Gasteiger charge is 2.33. The van der Waals surface area contributed by atoms with E-state index in [1.54, 1.807) is 11.8 Å². The fourth-order valence-electron chi connectivity index (χ4n) is 1.85. The van der Waals surface area contributed by atoms with Gasteiger partial charge < -0.3 is 9.64 Å². The van der Waals surface area contributed by atoms with E-state index in [1.165, 1.54) is 7.11 Å². The molecule has 1 aliphatic heterocycles. The molecule has 1 saturated heterocycles. The zero-order valence-corrected chi connectivity index (χ0v) is 10.7. The molecule has 0 N–H and O–H groups in total. The summed E-state index contributed by atoms with van der Waals surface area (Å²) in [5.41, 5.74) is 0. The molecule has 0 atom stereocenters. The lowest BCUT2D eigenvalue weighted by molar-refractivity contribution is -0.141. The molecule has 0 spiro atoms. The third kappa shape index (κ3) is 3.39. The predicted molar refractivity (Wildman–Crippen MR) is 64.2 cm³/mol. The maximum Gasteiger partial charge on any atom is 0.306 e. The first-order chi connectivity index (χ1) is 7.65. The summed E-state index contributed by atoms with van der Waals surface area (Å²) in [6.07, 6.45) is 4.19. The molecule has 1 rings (SSSR count). The highest BCUT2D eigenvalue weighted by atomic mass is 32.2. The van der Waals surface area contributed by atoms with Crippen LogP contribution in [0.1, 0.15) is 19.3 Å². The molecule has 0 amide bonds. The summed E-state index contributed by atoms with van der Waals surface area (Å²) >= 11 is 1.64. The SMILES string of the molecule is COC(=O)CCN1CCC(C#N)(SC)CC1. The first-order valence-corrected chi connectivity index (χ1v) is 6.64. The number of carbonyl (C=O) groups excluding carboxylic acids is 1. The summed E-state index contributed by atoms with van der Waals surface area (Å²) in [7, 11) is 1.41. The Balaban J connectivity index is 2.32. The quantitative estimate of drug-likeness (QED) is 0.695. The Kier molecular flexibility index (Phi) is 5.10. The van der Waals surface area contributed by atoms with E-state index in [4.69, 9.17) is 5.26 Å². The van der Waals surface area contributed by atoms with Gasteiger partial charge in [0.25, 0.3) is 0 Å². The van der Waals surface area contributed by atoms with Gasteiger partial charge in [-0.25, -0.2) is 0 Å². The van der Waals surface area contributed by atoms with Crippen LogP contribution in [0, 0.1) is 11.3 Å². The third-order valence-corrected chi connectivity index (χ3v) is 4.40. The largest absolute Gasteiger partial charge is 0.469 e. The van der Waals surface area contributed by atoms with Gasteiger partial charge in [0.05, 0.1) is 19.6 Å². The average molecular weight is 242 g/mol. The van der Waals surface area contributed by atoms with Crippen molar-refractivity contribution in [3.05, 3.63) is 0 Å². The summed E-state index contributed by atoms with van der Waals surface area (Å²) < 4.78 is 4.40. The molecule has 0 radical (unpaired) electrons. The smallest absolute Gasteiger partial charge is 0.306 e. The van der Waals surface area contributed by atoms with Crippen molar-refractivity contribution in [1.29, 1.82) is 5.26 Å². The van der Waals surface area contributed by atoms with Crippen LogP contribution in [0.25, 0.3) is 0 Å². The van der Waals surface area contributed by atoms with Crippen LogP contribution in [0.2, 0.25) is 0 Å². The maximum atomic E-state index is 11.0. The van der Waals surface area contributed by atoms with Crippen LogP contribution in [0.15, 0.2) is 0 Å². The molecule has 4 nitrogen and oxygen atoms in total. The fourth-order valence-corrected chi connectivity index (χ4v) is 2.53. The number of hydrogen-bond acceptors (Lipinski definition) is 5. The van der Waals surface area contributed by atoms with Gasteiger partial charge in [-0.3, -0.25) is 4.79 Å². The second-order valence-electron chi connectivity index (χ2n) is 3.98. The van der Waals surface area contributed by atoms with Crippen molar-refractivity contribution in [3.63, 3.8) is 0 Å². The molecule has 0 unspecified atom stereocenters. The second kappa shape index (κ2) is 6.12. The second-order valence-corrected chi connectivity index (χ2v) is 5.17. The molecule has 5 heteroatoms. The van der Waals surface area contributed by atoms with Crippen LogP contribution in [0.4, 0.5) is 0 Å². The van der Waals surface area contributed by atoms with E-state index < -0.39 is 0 Å². The highest BCUT2D eigenvalue weighted by molar-refractivity contribution is 8.00. The zero-order valence-electron chi connectivity index (χ0n) is 9.86. The minimum absolute atomic E-state index is 0.165. The Morgan fingerprint density at radius 3 is 2.62 bits per heavy atom. The number of ether oxygens (including phenoxy) is 1. The number of thioether (sulfide) groups is 1. The van der Waals surface area contributed by atoms with Gasteiger partial charge >= 0.3 is 5.97 Å². The van der Waals surface area contributed by atoms with Crippen molar-refractivity contribution in [3.8, 4) is 6.07 Å². The van der Waals surface area contributed by atoms with Gasteiger partial charge in [-0.2, -0.15) is 5.26 Å². The summed E-state index contributed by atoms with van der Waals surface area (Å²) in [4.78, 5) is 13.2. The number of nitriles is 1. The average Bonchev–Trinajstić information content (AvgIpc) is 2.36. The van der Waals surface area contributed by atoms with E-state index in [9.17, 15) is 4.79 Å². The van der Waals surface area contributed by atoms with E-state index in [0.717, 1.165) is 32.5 Å². The topological polar surface area (TPSA) is 53.3 Å². The summed E-state index contributed by atoms with van der Waals surface area (Å²) in [5.74, 6) is -0.165. The lowest BCUT2D eigenvalue weighted by Crippen LogP contribution is -2.42. The van der Waals surface area contributed by atoms with Crippen molar-refractivity contribution in [2.24, 2.45) is 0 Å². The van der Waals surface area contributed by atoms with Crippen LogP contribution in [0.3, 0.4) is 0 Å². The molecule has 16 heavy (non-hydrogen) atoms. The summed E-state index contributed by atoms with van der Waals surface area (Å²) in [6.45, 7) is 2.53. The van der Waals surface area contributed by atoms with E-state index in [0.29, 0.717) is 6.42 Å². The van der Waals surface area contributed by atoms with Crippen LogP contribution in [-0.4, -0.2) is 48.6 Å². The van der Waals surface area contributed by atoms with E-state index in [1.807, 2.05) is 6.26 Å².